The minimum atomic E-state index is -0.530. The number of urea groups is 1. The molecular formula is C10H14N2O3. The lowest BCUT2D eigenvalue weighted by atomic mass is 10.2. The summed E-state index contributed by atoms with van der Waals surface area (Å²) in [6.45, 7) is 1.98. The molecule has 0 saturated carbocycles. The Balaban J connectivity index is 2.27. The fraction of sp³-hybridized carbons (Fsp3) is 0.400. The lowest BCUT2D eigenvalue weighted by molar-refractivity contribution is -0.120. The van der Waals surface area contributed by atoms with E-state index in [4.69, 9.17) is 4.42 Å². The summed E-state index contributed by atoms with van der Waals surface area (Å²) in [4.78, 5) is 22.3. The highest BCUT2D eigenvalue weighted by atomic mass is 16.3. The summed E-state index contributed by atoms with van der Waals surface area (Å²) in [5, 5.41) is 4.69. The van der Waals surface area contributed by atoms with Crippen LogP contribution >= 0.6 is 0 Å². The van der Waals surface area contributed by atoms with Crippen LogP contribution in [0, 0.1) is 0 Å². The van der Waals surface area contributed by atoms with E-state index < -0.39 is 6.03 Å². The highest BCUT2D eigenvalue weighted by Gasteiger charge is 2.07. The maximum Gasteiger partial charge on any atom is 0.325 e. The lowest BCUT2D eigenvalue weighted by Crippen LogP contribution is -2.33. The fourth-order valence-corrected chi connectivity index (χ4v) is 1.02. The van der Waals surface area contributed by atoms with Crippen LogP contribution in [0.15, 0.2) is 23.0 Å². The Kier molecular flexibility index (Phi) is 4.40. The van der Waals surface area contributed by atoms with Gasteiger partial charge in [-0.05, 0) is 6.42 Å². The SMILES string of the molecule is CCCCC(=O)NC(=O)Nc1ccoc1. The van der Waals surface area contributed by atoms with Crippen molar-refractivity contribution in [2.75, 3.05) is 5.32 Å². The summed E-state index contributed by atoms with van der Waals surface area (Å²) in [6, 6.07) is 1.06. The van der Waals surface area contributed by atoms with Crippen LogP contribution in [0.1, 0.15) is 26.2 Å². The van der Waals surface area contributed by atoms with E-state index in [0.29, 0.717) is 12.1 Å². The monoisotopic (exact) mass is 210 g/mol. The first-order valence-electron chi connectivity index (χ1n) is 4.85. The highest BCUT2D eigenvalue weighted by molar-refractivity contribution is 6.00. The average Bonchev–Trinajstić information content (AvgIpc) is 2.67. The third-order valence-electron chi connectivity index (χ3n) is 1.79. The Morgan fingerprint density at radius 1 is 1.47 bits per heavy atom. The minimum Gasteiger partial charge on any atom is -0.470 e. The van der Waals surface area contributed by atoms with E-state index >= 15 is 0 Å². The van der Waals surface area contributed by atoms with Crippen molar-refractivity contribution in [3.05, 3.63) is 18.6 Å². The summed E-state index contributed by atoms with van der Waals surface area (Å²) in [6.07, 6.45) is 4.90. The van der Waals surface area contributed by atoms with Gasteiger partial charge in [0.15, 0.2) is 0 Å². The second kappa shape index (κ2) is 5.85. The second-order valence-corrected chi connectivity index (χ2v) is 3.12. The molecule has 0 aliphatic heterocycles. The summed E-state index contributed by atoms with van der Waals surface area (Å²) in [5.41, 5.74) is 0.524. The first-order chi connectivity index (χ1) is 7.22. The first kappa shape index (κ1) is 11.3. The number of imide groups is 1. The van der Waals surface area contributed by atoms with Crippen molar-refractivity contribution in [2.45, 2.75) is 26.2 Å². The zero-order valence-corrected chi connectivity index (χ0v) is 8.58. The molecule has 0 unspecified atom stereocenters. The molecule has 0 radical (unpaired) electrons. The number of anilines is 1. The number of nitrogens with one attached hydrogen (secondary N) is 2. The number of furan rings is 1. The van der Waals surface area contributed by atoms with E-state index in [9.17, 15) is 9.59 Å². The quantitative estimate of drug-likeness (QED) is 0.799. The largest absolute Gasteiger partial charge is 0.470 e. The van der Waals surface area contributed by atoms with E-state index in [1.165, 1.54) is 12.5 Å². The predicted molar refractivity (Wildman–Crippen MR) is 55.4 cm³/mol. The van der Waals surface area contributed by atoms with E-state index in [-0.39, 0.29) is 5.91 Å². The zero-order valence-electron chi connectivity index (χ0n) is 8.58. The van der Waals surface area contributed by atoms with Gasteiger partial charge in [-0.3, -0.25) is 10.1 Å². The van der Waals surface area contributed by atoms with Gasteiger partial charge in [0, 0.05) is 12.5 Å². The Morgan fingerprint density at radius 2 is 2.27 bits per heavy atom. The van der Waals surface area contributed by atoms with Gasteiger partial charge in [-0.25, -0.2) is 4.79 Å². The van der Waals surface area contributed by atoms with Gasteiger partial charge in [-0.15, -0.1) is 0 Å². The summed E-state index contributed by atoms with van der Waals surface area (Å²) >= 11 is 0. The van der Waals surface area contributed by atoms with E-state index in [1.807, 2.05) is 6.92 Å². The topological polar surface area (TPSA) is 71.3 Å². The molecular weight excluding hydrogens is 196 g/mol. The molecule has 0 aliphatic carbocycles. The molecule has 5 nitrogen and oxygen atoms in total. The molecule has 15 heavy (non-hydrogen) atoms. The van der Waals surface area contributed by atoms with Crippen molar-refractivity contribution >= 4 is 17.6 Å². The van der Waals surface area contributed by atoms with Crippen molar-refractivity contribution in [1.82, 2.24) is 5.32 Å². The Hall–Kier alpha value is -1.78. The number of hydrogen-bond donors (Lipinski definition) is 2. The molecule has 0 fully saturated rings. The van der Waals surface area contributed by atoms with Gasteiger partial charge in [0.05, 0.1) is 12.0 Å². The Bertz CT molecular complexity index is 319. The third-order valence-corrected chi connectivity index (χ3v) is 1.79. The fourth-order valence-electron chi connectivity index (χ4n) is 1.02. The van der Waals surface area contributed by atoms with E-state index in [2.05, 4.69) is 10.6 Å². The maximum absolute atomic E-state index is 11.2. The molecule has 5 heteroatoms. The molecule has 0 aliphatic rings. The molecule has 0 aromatic carbocycles. The van der Waals surface area contributed by atoms with Gasteiger partial charge in [0.2, 0.25) is 5.91 Å². The van der Waals surface area contributed by atoms with Gasteiger partial charge in [0.25, 0.3) is 0 Å². The average molecular weight is 210 g/mol. The van der Waals surface area contributed by atoms with Crippen LogP contribution in [0.2, 0.25) is 0 Å². The van der Waals surface area contributed by atoms with Gasteiger partial charge < -0.3 is 9.73 Å². The van der Waals surface area contributed by atoms with Crippen molar-refractivity contribution in [2.24, 2.45) is 0 Å². The number of carbonyl (C=O) groups is 2. The van der Waals surface area contributed by atoms with Crippen LogP contribution < -0.4 is 10.6 Å². The van der Waals surface area contributed by atoms with Gasteiger partial charge in [-0.2, -0.15) is 0 Å². The zero-order chi connectivity index (χ0) is 11.1. The Labute approximate surface area is 87.8 Å². The number of carbonyl (C=O) groups excluding carboxylic acids is 2. The van der Waals surface area contributed by atoms with Crippen molar-refractivity contribution < 1.29 is 14.0 Å². The van der Waals surface area contributed by atoms with Gasteiger partial charge in [-0.1, -0.05) is 13.3 Å². The predicted octanol–water partition coefficient (Wildman–Crippen LogP) is 2.12. The molecule has 1 heterocycles. The molecule has 3 amide bonds. The van der Waals surface area contributed by atoms with Gasteiger partial charge in [0.1, 0.15) is 6.26 Å². The molecule has 1 aromatic heterocycles. The normalized spacial score (nSPS) is 9.67. The molecule has 2 N–H and O–H groups in total. The van der Waals surface area contributed by atoms with Crippen LogP contribution in [0.3, 0.4) is 0 Å². The molecule has 0 spiro atoms. The second-order valence-electron chi connectivity index (χ2n) is 3.12. The Morgan fingerprint density at radius 3 is 2.87 bits per heavy atom. The standard InChI is InChI=1S/C10H14N2O3/c1-2-3-4-9(13)12-10(14)11-8-5-6-15-7-8/h5-7H,2-4H2,1H3,(H2,11,12,13,14). The molecule has 0 atom stereocenters. The molecule has 1 rings (SSSR count). The highest BCUT2D eigenvalue weighted by Crippen LogP contribution is 2.05. The maximum atomic E-state index is 11.2. The van der Waals surface area contributed by atoms with Crippen molar-refractivity contribution in [3.63, 3.8) is 0 Å². The van der Waals surface area contributed by atoms with E-state index in [0.717, 1.165) is 12.8 Å². The van der Waals surface area contributed by atoms with Crippen LogP contribution in [0.4, 0.5) is 10.5 Å². The number of hydrogen-bond acceptors (Lipinski definition) is 3. The summed E-state index contributed by atoms with van der Waals surface area (Å²) in [7, 11) is 0. The van der Waals surface area contributed by atoms with Crippen LogP contribution in [-0.4, -0.2) is 11.9 Å². The summed E-state index contributed by atoms with van der Waals surface area (Å²) < 4.78 is 4.76. The van der Waals surface area contributed by atoms with E-state index in [1.54, 1.807) is 6.07 Å². The molecule has 82 valence electrons. The first-order valence-corrected chi connectivity index (χ1v) is 4.85. The number of rotatable bonds is 4. The molecule has 0 saturated heterocycles. The summed E-state index contributed by atoms with van der Waals surface area (Å²) in [5.74, 6) is -0.266. The molecule has 1 aromatic rings. The lowest BCUT2D eigenvalue weighted by Gasteiger charge is -2.03. The minimum absolute atomic E-state index is 0.266. The van der Waals surface area contributed by atoms with Crippen LogP contribution in [-0.2, 0) is 4.79 Å². The molecule has 0 bridgehead atoms. The smallest absolute Gasteiger partial charge is 0.325 e. The van der Waals surface area contributed by atoms with Crippen LogP contribution in [0.5, 0.6) is 0 Å². The number of unbranched alkanes of at least 4 members (excludes halogenated alkanes) is 1. The van der Waals surface area contributed by atoms with Crippen molar-refractivity contribution in [3.8, 4) is 0 Å². The number of amides is 3. The van der Waals surface area contributed by atoms with Gasteiger partial charge >= 0.3 is 6.03 Å². The third kappa shape index (κ3) is 4.30. The van der Waals surface area contributed by atoms with Crippen molar-refractivity contribution in [1.29, 1.82) is 0 Å². The van der Waals surface area contributed by atoms with Crippen LogP contribution in [0.25, 0.3) is 0 Å².